The van der Waals surface area contributed by atoms with Gasteiger partial charge < -0.3 is 14.5 Å². The molecular formula is C28H27F5N4O3S. The van der Waals surface area contributed by atoms with Gasteiger partial charge >= 0.3 is 11.9 Å². The topological polar surface area (TPSA) is 67.7 Å². The Kier molecular flexibility index (Phi) is 7.86. The number of hydrogen-bond donors (Lipinski definition) is 0. The van der Waals surface area contributed by atoms with Crippen LogP contribution in [0.15, 0.2) is 52.7 Å². The van der Waals surface area contributed by atoms with Gasteiger partial charge in [0.2, 0.25) is 5.91 Å². The monoisotopic (exact) mass is 594 g/mol. The minimum absolute atomic E-state index is 0.0634. The second-order valence-electron chi connectivity index (χ2n) is 10.1. The molecule has 0 bridgehead atoms. The molecule has 1 saturated heterocycles. The van der Waals surface area contributed by atoms with Gasteiger partial charge in [0.1, 0.15) is 11.6 Å². The fraction of sp³-hybridized carbons (Fsp3) is 0.393. The molecule has 5 rings (SSSR count). The van der Waals surface area contributed by atoms with E-state index in [4.69, 9.17) is 4.74 Å². The van der Waals surface area contributed by atoms with Crippen LogP contribution in [0.3, 0.4) is 0 Å². The second-order valence-corrected chi connectivity index (χ2v) is 11.1. The number of benzene rings is 2. The first-order valence-electron chi connectivity index (χ1n) is 12.9. The molecule has 0 aliphatic carbocycles. The number of anilines is 1. The van der Waals surface area contributed by atoms with Crippen molar-refractivity contribution in [2.45, 2.75) is 49.7 Å². The molecule has 0 saturated carbocycles. The number of nitrogens with zero attached hydrogens (tertiary/aromatic N) is 4. The Hall–Kier alpha value is -3.45. The normalized spacial score (nSPS) is 21.2. The van der Waals surface area contributed by atoms with Crippen molar-refractivity contribution in [1.82, 2.24) is 14.5 Å². The first-order chi connectivity index (χ1) is 19.4. The number of ether oxygens (including phenoxy) is 1. The maximum atomic E-state index is 14.7. The summed E-state index contributed by atoms with van der Waals surface area (Å²) in [5, 5.41) is 0.0917. The molecule has 2 aromatic carbocycles. The highest BCUT2D eigenvalue weighted by Gasteiger charge is 2.39. The molecule has 1 aromatic heterocycles. The first-order valence-corrected chi connectivity index (χ1v) is 13.9. The van der Waals surface area contributed by atoms with Crippen LogP contribution in [0.2, 0.25) is 0 Å². The summed E-state index contributed by atoms with van der Waals surface area (Å²) in [6.07, 6.45) is -4.42. The molecule has 3 aromatic rings. The lowest BCUT2D eigenvalue weighted by Gasteiger charge is -2.44. The van der Waals surface area contributed by atoms with E-state index in [9.17, 15) is 31.5 Å². The van der Waals surface area contributed by atoms with Crippen LogP contribution in [0.4, 0.5) is 27.8 Å². The Bertz CT molecular complexity index is 1550. The van der Waals surface area contributed by atoms with Crippen LogP contribution in [0.1, 0.15) is 19.4 Å². The lowest BCUT2D eigenvalue weighted by Crippen LogP contribution is -2.58. The number of rotatable bonds is 5. The van der Waals surface area contributed by atoms with Gasteiger partial charge in [0.25, 0.3) is 0 Å². The van der Waals surface area contributed by atoms with Crippen molar-refractivity contribution < 1.29 is 31.5 Å². The highest BCUT2D eigenvalue weighted by molar-refractivity contribution is 7.99. The summed E-state index contributed by atoms with van der Waals surface area (Å²) in [5.74, 6) is -0.751. The summed E-state index contributed by atoms with van der Waals surface area (Å²) >= 11 is 1.02. The first kappa shape index (κ1) is 29.1. The molecule has 2 aliphatic heterocycles. The molecule has 0 unspecified atom stereocenters. The summed E-state index contributed by atoms with van der Waals surface area (Å²) in [6, 6.07) is 4.93. The van der Waals surface area contributed by atoms with Crippen LogP contribution >= 0.6 is 11.8 Å². The molecule has 1 amide bonds. The summed E-state index contributed by atoms with van der Waals surface area (Å²) < 4.78 is 77.5. The Morgan fingerprint density at radius 1 is 1.17 bits per heavy atom. The molecule has 2 aliphatic rings. The number of hydrogen-bond acceptors (Lipinski definition) is 6. The van der Waals surface area contributed by atoms with E-state index >= 15 is 0 Å². The number of alkyl halides is 4. The van der Waals surface area contributed by atoms with Gasteiger partial charge in [0.05, 0.1) is 23.7 Å². The Morgan fingerprint density at radius 2 is 1.83 bits per heavy atom. The third-order valence-corrected chi connectivity index (χ3v) is 8.61. The number of amides is 1. The highest BCUT2D eigenvalue weighted by atomic mass is 32.2. The van der Waals surface area contributed by atoms with Gasteiger partial charge in [-0.2, -0.15) is 18.2 Å². The van der Waals surface area contributed by atoms with E-state index in [1.165, 1.54) is 22.8 Å². The van der Waals surface area contributed by atoms with Gasteiger partial charge in [-0.1, -0.05) is 18.7 Å². The fourth-order valence-electron chi connectivity index (χ4n) is 5.73. The highest BCUT2D eigenvalue weighted by Crippen LogP contribution is 2.48. The maximum Gasteiger partial charge on any atom is 0.417 e. The maximum absolute atomic E-state index is 14.7. The number of aromatic nitrogens is 2. The zero-order valence-electron chi connectivity index (χ0n) is 22.3. The van der Waals surface area contributed by atoms with Crippen LogP contribution in [-0.2, 0) is 22.3 Å². The van der Waals surface area contributed by atoms with E-state index in [1.807, 2.05) is 0 Å². The molecule has 13 heteroatoms. The molecule has 0 radical (unpaired) electrons. The quantitative estimate of drug-likeness (QED) is 0.297. The minimum Gasteiger partial charge on any atom is -0.352 e. The van der Waals surface area contributed by atoms with E-state index in [1.54, 1.807) is 23.6 Å². The largest absolute Gasteiger partial charge is 0.417 e. The molecule has 41 heavy (non-hydrogen) atoms. The summed E-state index contributed by atoms with van der Waals surface area (Å²) in [4.78, 5) is 33.7. The van der Waals surface area contributed by atoms with Crippen LogP contribution in [-0.4, -0.2) is 64.2 Å². The van der Waals surface area contributed by atoms with Crippen molar-refractivity contribution in [3.63, 3.8) is 0 Å². The number of piperazine rings is 1. The van der Waals surface area contributed by atoms with Crippen molar-refractivity contribution >= 4 is 34.4 Å². The van der Waals surface area contributed by atoms with E-state index < -0.39 is 36.2 Å². The number of halogens is 5. The van der Waals surface area contributed by atoms with Crippen LogP contribution < -0.4 is 10.6 Å². The Balaban J connectivity index is 1.80. The van der Waals surface area contributed by atoms with Crippen LogP contribution in [0.5, 0.6) is 0 Å². The van der Waals surface area contributed by atoms with E-state index in [2.05, 4.69) is 11.6 Å². The summed E-state index contributed by atoms with van der Waals surface area (Å²) in [5.41, 5.74) is -1.57. The van der Waals surface area contributed by atoms with Crippen molar-refractivity contribution in [2.24, 2.45) is 0 Å². The Labute approximate surface area is 236 Å². The zero-order valence-corrected chi connectivity index (χ0v) is 23.1. The van der Waals surface area contributed by atoms with Gasteiger partial charge in [0.15, 0.2) is 6.86 Å². The van der Waals surface area contributed by atoms with Gasteiger partial charge in [-0.25, -0.2) is 13.6 Å². The van der Waals surface area contributed by atoms with Gasteiger partial charge in [0, 0.05) is 46.8 Å². The average molecular weight is 595 g/mol. The van der Waals surface area contributed by atoms with E-state index in [-0.39, 0.29) is 76.1 Å². The van der Waals surface area contributed by atoms with Gasteiger partial charge in [-0.15, -0.1) is 11.8 Å². The van der Waals surface area contributed by atoms with Crippen molar-refractivity contribution in [1.29, 1.82) is 0 Å². The molecule has 7 nitrogen and oxygen atoms in total. The summed E-state index contributed by atoms with van der Waals surface area (Å²) in [6.45, 7) is 6.33. The minimum atomic E-state index is -4.82. The van der Waals surface area contributed by atoms with E-state index in [0.717, 1.165) is 30.0 Å². The van der Waals surface area contributed by atoms with E-state index in [0.29, 0.717) is 0 Å². The van der Waals surface area contributed by atoms with Gasteiger partial charge in [-0.05, 0) is 43.7 Å². The standard InChI is InChI=1S/C28H27F5N4O3S/c1-4-22(38)37-15(2)10-35(11-16(37)3)26-20-9-21(28(31,32)33)23(17-5-7-18(30)8-6-17)25-24(20)36(27(39)34-26)12-19(13-41-25)40-14-29/h4-9,15-16,19H,1,10-14H2,2-3H3/t15-,16+,19-/m0/s1. The lowest BCUT2D eigenvalue weighted by atomic mass is 9.96. The second kappa shape index (κ2) is 11.1. The molecule has 0 N–H and O–H groups in total. The lowest BCUT2D eigenvalue weighted by molar-refractivity contribution is -0.137. The molecule has 3 heterocycles. The number of carbonyl (C=O) groups excluding carboxylic acids is 1. The van der Waals surface area contributed by atoms with Crippen molar-refractivity contribution in [3.05, 3.63) is 64.9 Å². The van der Waals surface area contributed by atoms with Crippen LogP contribution in [0, 0.1) is 5.82 Å². The van der Waals surface area contributed by atoms with Gasteiger partial charge in [-0.3, -0.25) is 9.36 Å². The Morgan fingerprint density at radius 3 is 2.41 bits per heavy atom. The number of carbonyl (C=O) groups is 1. The van der Waals surface area contributed by atoms with Crippen molar-refractivity contribution in [2.75, 3.05) is 30.6 Å². The SMILES string of the molecule is C=CC(=O)N1[C@H](C)CN(c2nc(=O)n3c4c(c(-c5ccc(F)cc5)c(C(F)(F)F)cc24)SC[C@@H](OCF)C3)C[C@@H]1C. The molecular weight excluding hydrogens is 567 g/mol. The predicted molar refractivity (Wildman–Crippen MR) is 146 cm³/mol. The zero-order chi connectivity index (χ0) is 29.6. The molecule has 1 fully saturated rings. The summed E-state index contributed by atoms with van der Waals surface area (Å²) in [7, 11) is 0. The number of thioether (sulfide) groups is 1. The van der Waals surface area contributed by atoms with Crippen LogP contribution in [0.25, 0.3) is 22.0 Å². The predicted octanol–water partition coefficient (Wildman–Crippen LogP) is 5.25. The molecule has 3 atom stereocenters. The molecule has 218 valence electrons. The fourth-order valence-corrected chi connectivity index (χ4v) is 7.01. The third kappa shape index (κ3) is 5.32. The molecule has 0 spiro atoms. The average Bonchev–Trinajstić information content (AvgIpc) is 3.11. The smallest absolute Gasteiger partial charge is 0.352 e. The van der Waals surface area contributed by atoms with Crippen molar-refractivity contribution in [3.8, 4) is 11.1 Å². The third-order valence-electron chi connectivity index (χ3n) is 7.38.